The summed E-state index contributed by atoms with van der Waals surface area (Å²) in [6, 6.07) is 4.28. The summed E-state index contributed by atoms with van der Waals surface area (Å²) in [4.78, 5) is 15.0. The van der Waals surface area contributed by atoms with E-state index in [2.05, 4.69) is 30.7 Å². The first-order valence-electron chi connectivity index (χ1n) is 6.66. The molecule has 4 rings (SSSR count). The fourth-order valence-corrected chi connectivity index (χ4v) is 2.99. The molecule has 22 heavy (non-hydrogen) atoms. The van der Waals surface area contributed by atoms with E-state index in [4.69, 9.17) is 11.2 Å². The van der Waals surface area contributed by atoms with Crippen molar-refractivity contribution in [1.82, 2.24) is 20.5 Å². The fraction of sp³-hybridized carbons (Fsp3) is 0.214. The van der Waals surface area contributed by atoms with Crippen LogP contribution in [0, 0.1) is 6.57 Å². The van der Waals surface area contributed by atoms with Crippen molar-refractivity contribution < 1.29 is 9.42 Å². The van der Waals surface area contributed by atoms with Crippen molar-refractivity contribution in [3.63, 3.8) is 0 Å². The van der Waals surface area contributed by atoms with Gasteiger partial charge in [0.2, 0.25) is 0 Å². The maximum Gasteiger partial charge on any atom is 0.261 e. The van der Waals surface area contributed by atoms with E-state index in [-0.39, 0.29) is 5.92 Å². The molecule has 2 N–H and O–H groups in total. The molecule has 0 aliphatic carbocycles. The molecule has 0 bridgehead atoms. The first kappa shape index (κ1) is 12.5. The summed E-state index contributed by atoms with van der Waals surface area (Å²) in [5, 5.41) is 17.6. The van der Waals surface area contributed by atoms with Gasteiger partial charge in [0.05, 0.1) is 12.1 Å². The zero-order valence-electron chi connectivity index (χ0n) is 11.2. The number of benzene rings is 1. The number of rotatable bonds is 2. The molecule has 8 heteroatoms. The number of carbonyl (C=O) groups is 1. The Hall–Kier alpha value is -3.21. The van der Waals surface area contributed by atoms with Gasteiger partial charge in [-0.2, -0.15) is 5.10 Å². The monoisotopic (exact) mass is 294 g/mol. The molecule has 0 saturated carbocycles. The third-order valence-corrected chi connectivity index (χ3v) is 3.97. The van der Waals surface area contributed by atoms with Gasteiger partial charge in [0, 0.05) is 5.56 Å². The van der Waals surface area contributed by atoms with E-state index < -0.39 is 12.1 Å². The molecule has 3 unspecified atom stereocenters. The highest BCUT2D eigenvalue weighted by molar-refractivity contribution is 5.80. The number of nitrogens with zero attached hydrogens (tertiary/aromatic N) is 4. The topological polar surface area (TPSA) is 101 Å². The minimum atomic E-state index is -0.620. The van der Waals surface area contributed by atoms with E-state index >= 15 is 0 Å². The van der Waals surface area contributed by atoms with Crippen LogP contribution in [0.4, 0.5) is 5.82 Å². The average molecular weight is 294 g/mol. The van der Waals surface area contributed by atoms with Gasteiger partial charge in [0.15, 0.2) is 6.04 Å². The van der Waals surface area contributed by atoms with E-state index in [1.165, 1.54) is 0 Å². The van der Waals surface area contributed by atoms with Crippen LogP contribution in [-0.2, 0) is 4.79 Å². The Morgan fingerprint density at radius 3 is 3.05 bits per heavy atom. The molecule has 2 aromatic heterocycles. The number of fused-ring (bicyclic) bond motifs is 2. The average Bonchev–Trinajstić information content (AvgIpc) is 3.20. The molecule has 8 nitrogen and oxygen atoms in total. The summed E-state index contributed by atoms with van der Waals surface area (Å²) in [5.74, 6) is 0.314. The summed E-state index contributed by atoms with van der Waals surface area (Å²) in [6.45, 7) is 7.51. The van der Waals surface area contributed by atoms with Gasteiger partial charge < -0.3 is 15.0 Å². The van der Waals surface area contributed by atoms with Gasteiger partial charge in [-0.15, -0.1) is 0 Å². The van der Waals surface area contributed by atoms with Crippen LogP contribution in [0.3, 0.4) is 0 Å². The predicted octanol–water partition coefficient (Wildman–Crippen LogP) is 1.36. The summed E-state index contributed by atoms with van der Waals surface area (Å²) in [5.41, 5.74) is 2.85. The van der Waals surface area contributed by atoms with E-state index in [9.17, 15) is 4.79 Å². The number of aromatic nitrogens is 4. The van der Waals surface area contributed by atoms with Crippen molar-refractivity contribution >= 4 is 23.1 Å². The third-order valence-electron chi connectivity index (χ3n) is 3.97. The third kappa shape index (κ3) is 1.62. The molecule has 1 aliphatic rings. The Labute approximate surface area is 124 Å². The number of hydrogen-bond acceptors (Lipinski definition) is 6. The first-order chi connectivity index (χ1) is 10.8. The molecular formula is C14H10N6O2. The van der Waals surface area contributed by atoms with E-state index in [1.54, 1.807) is 12.3 Å². The quantitative estimate of drug-likeness (QED) is 0.546. The van der Waals surface area contributed by atoms with E-state index in [1.807, 2.05) is 12.1 Å². The second-order valence-electron chi connectivity index (χ2n) is 5.08. The van der Waals surface area contributed by atoms with Crippen molar-refractivity contribution in [3.8, 4) is 0 Å². The maximum atomic E-state index is 11.4. The van der Waals surface area contributed by atoms with Gasteiger partial charge in [0.25, 0.3) is 6.04 Å². The van der Waals surface area contributed by atoms with Crippen LogP contribution in [0.25, 0.3) is 15.9 Å². The molecule has 1 aromatic carbocycles. The van der Waals surface area contributed by atoms with Crippen LogP contribution >= 0.6 is 0 Å². The van der Waals surface area contributed by atoms with Crippen molar-refractivity contribution in [2.75, 3.05) is 5.32 Å². The van der Waals surface area contributed by atoms with Crippen LogP contribution in [-0.4, -0.2) is 38.9 Å². The van der Waals surface area contributed by atoms with Gasteiger partial charge in [-0.05, 0) is 21.9 Å². The Balaban J connectivity index is 1.97. The molecular weight excluding hydrogens is 284 g/mol. The smallest absolute Gasteiger partial charge is 0.261 e. The molecule has 0 saturated heterocycles. The van der Waals surface area contributed by atoms with Gasteiger partial charge in [-0.1, -0.05) is 12.1 Å². The lowest BCUT2D eigenvalue weighted by molar-refractivity contribution is -0.108. The highest BCUT2D eigenvalue weighted by Crippen LogP contribution is 2.41. The van der Waals surface area contributed by atoms with Crippen molar-refractivity contribution in [2.45, 2.75) is 18.0 Å². The summed E-state index contributed by atoms with van der Waals surface area (Å²) >= 11 is 0. The molecule has 0 spiro atoms. The first-order valence-corrected chi connectivity index (χ1v) is 6.66. The Kier molecular flexibility index (Phi) is 2.66. The van der Waals surface area contributed by atoms with Crippen LogP contribution in [0.1, 0.15) is 17.0 Å². The van der Waals surface area contributed by atoms with E-state index in [0.29, 0.717) is 16.9 Å². The van der Waals surface area contributed by atoms with Crippen LogP contribution < -0.4 is 5.32 Å². The van der Waals surface area contributed by atoms with Gasteiger partial charge in [0.1, 0.15) is 23.1 Å². The van der Waals surface area contributed by atoms with Crippen molar-refractivity contribution in [2.24, 2.45) is 0 Å². The standard InChI is InChI=1S/C14H10N6O2/c1-15-13-10(6-21)17-14-8(5-16-18-14)11(13)7-3-2-4-9-12(7)20-22-19-9/h2-6,10-11,13H,(H2,16,17,18). The lowest BCUT2D eigenvalue weighted by atomic mass is 9.80. The summed E-state index contributed by atoms with van der Waals surface area (Å²) < 4.78 is 4.80. The molecule has 3 aromatic rings. The second-order valence-corrected chi connectivity index (χ2v) is 5.08. The lowest BCUT2D eigenvalue weighted by Crippen LogP contribution is -2.41. The van der Waals surface area contributed by atoms with Crippen LogP contribution in [0.2, 0.25) is 0 Å². The normalized spacial score (nSPS) is 23.5. The SMILES string of the molecule is [C-]#[N+]C1C(C=O)Nc2[nH]ncc2C1c1cccc2nonc12. The molecule has 0 radical (unpaired) electrons. The van der Waals surface area contributed by atoms with Crippen LogP contribution in [0.15, 0.2) is 29.0 Å². The number of aromatic amines is 1. The zero-order chi connectivity index (χ0) is 15.1. The molecule has 1 aliphatic heterocycles. The Morgan fingerprint density at radius 1 is 1.32 bits per heavy atom. The maximum absolute atomic E-state index is 11.4. The van der Waals surface area contributed by atoms with Gasteiger partial charge in [-0.3, -0.25) is 5.10 Å². The van der Waals surface area contributed by atoms with Crippen molar-refractivity contribution in [3.05, 3.63) is 46.9 Å². The zero-order valence-corrected chi connectivity index (χ0v) is 11.2. The number of aldehydes is 1. The largest absolute Gasteiger partial charge is 0.354 e. The Morgan fingerprint density at radius 2 is 2.23 bits per heavy atom. The molecule has 0 fully saturated rings. The highest BCUT2D eigenvalue weighted by Gasteiger charge is 2.44. The fourth-order valence-electron chi connectivity index (χ4n) is 2.99. The predicted molar refractivity (Wildman–Crippen MR) is 76.1 cm³/mol. The number of nitrogens with one attached hydrogen (secondary N) is 2. The van der Waals surface area contributed by atoms with Gasteiger partial charge in [-0.25, -0.2) is 11.2 Å². The lowest BCUT2D eigenvalue weighted by Gasteiger charge is -2.28. The minimum absolute atomic E-state index is 0.335. The number of anilines is 1. The summed E-state index contributed by atoms with van der Waals surface area (Å²) in [6.07, 6.45) is 2.42. The molecule has 108 valence electrons. The Bertz CT molecular complexity index is 892. The molecule has 3 atom stereocenters. The number of carbonyl (C=O) groups excluding carboxylic acids is 1. The van der Waals surface area contributed by atoms with Crippen molar-refractivity contribution in [1.29, 1.82) is 0 Å². The molecule has 3 heterocycles. The second kappa shape index (κ2) is 4.66. The minimum Gasteiger partial charge on any atom is -0.354 e. The highest BCUT2D eigenvalue weighted by atomic mass is 16.6. The van der Waals surface area contributed by atoms with Gasteiger partial charge >= 0.3 is 0 Å². The van der Waals surface area contributed by atoms with Crippen LogP contribution in [0.5, 0.6) is 0 Å². The number of H-pyrrole nitrogens is 1. The molecule has 0 amide bonds. The summed E-state index contributed by atoms with van der Waals surface area (Å²) in [7, 11) is 0. The van der Waals surface area contributed by atoms with E-state index in [0.717, 1.165) is 17.4 Å². The number of hydrogen-bond donors (Lipinski definition) is 2.